The Kier molecular flexibility index (Phi) is 6.34. The summed E-state index contributed by atoms with van der Waals surface area (Å²) < 4.78 is 25.3. The summed E-state index contributed by atoms with van der Waals surface area (Å²) in [6, 6.07) is 4.28. The van der Waals surface area contributed by atoms with Gasteiger partial charge in [-0.15, -0.1) is 0 Å². The molecule has 19 heavy (non-hydrogen) atoms. The van der Waals surface area contributed by atoms with Crippen LogP contribution in [0.1, 0.15) is 5.56 Å². The lowest BCUT2D eigenvalue weighted by molar-refractivity contribution is 0.614. The summed E-state index contributed by atoms with van der Waals surface area (Å²) in [4.78, 5) is 6.95. The average Bonchev–Trinajstić information content (AvgIpc) is 2.38. The van der Waals surface area contributed by atoms with Crippen molar-refractivity contribution in [2.75, 3.05) is 0 Å². The summed E-state index contributed by atoms with van der Waals surface area (Å²) in [5.74, 6) is -0.980. The van der Waals surface area contributed by atoms with Gasteiger partial charge >= 0.3 is 0 Å². The molecule has 2 rings (SSSR count). The van der Waals surface area contributed by atoms with E-state index < -0.39 is 5.82 Å². The lowest BCUT2D eigenvalue weighted by Gasteiger charge is -1.91. The van der Waals surface area contributed by atoms with Gasteiger partial charge in [0.25, 0.3) is 0 Å². The molecule has 8 heteroatoms. The Morgan fingerprint density at radius 3 is 2.00 bits per heavy atom. The molecule has 0 atom stereocenters. The van der Waals surface area contributed by atoms with Gasteiger partial charge in [-0.3, -0.25) is 0 Å². The molecule has 2 aromatic heterocycles. The van der Waals surface area contributed by atoms with Gasteiger partial charge in [0.15, 0.2) is 11.6 Å². The van der Waals surface area contributed by atoms with Gasteiger partial charge in [0, 0.05) is 0 Å². The number of rotatable bonds is 0. The van der Waals surface area contributed by atoms with Crippen molar-refractivity contribution >= 4 is 45.8 Å². The van der Waals surface area contributed by atoms with Crippen LogP contribution in [0, 0.1) is 26.5 Å². The maximum absolute atomic E-state index is 12.4. The van der Waals surface area contributed by atoms with Crippen LogP contribution in [0.15, 0.2) is 24.5 Å². The Morgan fingerprint density at radius 1 is 1.05 bits per heavy atom. The molecule has 0 N–H and O–H groups in total. The third-order valence-electron chi connectivity index (χ3n) is 1.72. The fourth-order valence-electron chi connectivity index (χ4n) is 0.890. The second-order valence-electron chi connectivity index (χ2n) is 3.02. The number of pyridine rings is 2. The predicted molar refractivity (Wildman–Crippen MR) is 75.8 cm³/mol. The Balaban J connectivity index is 0.000000191. The molecule has 0 bridgehead atoms. The minimum Gasteiger partial charge on any atom is -0.241 e. The van der Waals surface area contributed by atoms with Crippen molar-refractivity contribution in [3.8, 4) is 6.07 Å². The largest absolute Gasteiger partial charge is 0.241 e. The van der Waals surface area contributed by atoms with Gasteiger partial charge in [0.1, 0.15) is 16.4 Å². The third kappa shape index (κ3) is 5.22. The first-order valence-corrected chi connectivity index (χ1v) is 6.45. The van der Waals surface area contributed by atoms with E-state index in [1.54, 1.807) is 6.07 Å². The van der Waals surface area contributed by atoms with Crippen molar-refractivity contribution in [2.45, 2.75) is 0 Å². The summed E-state index contributed by atoms with van der Waals surface area (Å²) in [5, 5.41) is 8.71. The van der Waals surface area contributed by atoms with Gasteiger partial charge in [-0.25, -0.2) is 18.7 Å². The zero-order valence-corrected chi connectivity index (χ0v) is 12.7. The first-order valence-electron chi connectivity index (χ1n) is 4.61. The van der Waals surface area contributed by atoms with Crippen molar-refractivity contribution in [2.24, 2.45) is 0 Å². The summed E-state index contributed by atoms with van der Waals surface area (Å²) in [7, 11) is 0. The predicted octanol–water partition coefficient (Wildman–Crippen LogP) is 4.22. The highest BCUT2D eigenvalue weighted by atomic mass is 127. The quantitative estimate of drug-likeness (QED) is 0.479. The summed E-state index contributed by atoms with van der Waals surface area (Å²) in [6.07, 6.45) is 2.02. The van der Waals surface area contributed by atoms with E-state index in [1.165, 1.54) is 12.1 Å². The average molecular weight is 414 g/mol. The summed E-state index contributed by atoms with van der Waals surface area (Å²) in [5.41, 5.74) is -0.0833. The molecule has 3 nitrogen and oxygen atoms in total. The first-order chi connectivity index (χ1) is 8.93. The number of hydrogen-bond acceptors (Lipinski definition) is 3. The van der Waals surface area contributed by atoms with Crippen LogP contribution >= 0.6 is 45.8 Å². The van der Waals surface area contributed by atoms with Crippen LogP contribution < -0.4 is 0 Å². The molecule has 0 saturated heterocycles. The standard InChI is InChI=1S/C6H2ClFN2.C5H2ClFIN/c7-6-1-4(2-9)5(8)3-10-6;6-5-1-4(8)3(7)2-9-5/h1,3H;1-2H. The van der Waals surface area contributed by atoms with E-state index in [0.717, 1.165) is 12.4 Å². The van der Waals surface area contributed by atoms with E-state index in [2.05, 4.69) is 9.97 Å². The van der Waals surface area contributed by atoms with E-state index in [0.29, 0.717) is 8.72 Å². The van der Waals surface area contributed by atoms with Crippen LogP contribution in [0.2, 0.25) is 10.3 Å². The summed E-state index contributed by atoms with van der Waals surface area (Å²) in [6.45, 7) is 0. The molecule has 0 radical (unpaired) electrons. The smallest absolute Gasteiger partial charge is 0.159 e. The highest BCUT2D eigenvalue weighted by Gasteiger charge is 2.00. The fraction of sp³-hybridized carbons (Fsp3) is 0. The highest BCUT2D eigenvalue weighted by Crippen LogP contribution is 2.13. The molecule has 0 aromatic carbocycles. The lowest BCUT2D eigenvalue weighted by atomic mass is 10.3. The first kappa shape index (κ1) is 16.0. The molecule has 2 aromatic rings. The summed E-state index contributed by atoms with van der Waals surface area (Å²) >= 11 is 12.7. The lowest BCUT2D eigenvalue weighted by Crippen LogP contribution is -1.84. The minimum absolute atomic E-state index is 0.0833. The van der Waals surface area contributed by atoms with E-state index >= 15 is 0 Å². The van der Waals surface area contributed by atoms with Crippen LogP contribution in [-0.2, 0) is 0 Å². The molecule has 2 heterocycles. The molecule has 98 valence electrons. The number of hydrogen-bond donors (Lipinski definition) is 0. The molecule has 0 amide bonds. The van der Waals surface area contributed by atoms with Gasteiger partial charge in [-0.05, 0) is 34.7 Å². The second kappa shape index (κ2) is 7.53. The van der Waals surface area contributed by atoms with Gasteiger partial charge < -0.3 is 0 Å². The van der Waals surface area contributed by atoms with E-state index in [4.69, 9.17) is 28.5 Å². The normalized spacial score (nSPS) is 9.26. The van der Waals surface area contributed by atoms with E-state index in [1.807, 2.05) is 22.6 Å². The molecular formula is C11H4Cl2F2IN3. The Bertz CT molecular complexity index is 632. The number of aromatic nitrogens is 2. The maximum Gasteiger partial charge on any atom is 0.159 e. The van der Waals surface area contributed by atoms with Crippen molar-refractivity contribution in [3.05, 3.63) is 55.6 Å². The van der Waals surface area contributed by atoms with E-state index in [-0.39, 0.29) is 16.5 Å². The maximum atomic E-state index is 12.4. The van der Waals surface area contributed by atoms with Gasteiger partial charge in [-0.2, -0.15) is 5.26 Å². The molecule has 0 aliphatic carbocycles. The van der Waals surface area contributed by atoms with Crippen molar-refractivity contribution in [3.63, 3.8) is 0 Å². The Morgan fingerprint density at radius 2 is 1.58 bits per heavy atom. The van der Waals surface area contributed by atoms with Crippen molar-refractivity contribution in [1.29, 1.82) is 5.26 Å². The van der Waals surface area contributed by atoms with Crippen LogP contribution in [0.5, 0.6) is 0 Å². The molecule has 0 spiro atoms. The number of nitrogens with zero attached hydrogens (tertiary/aromatic N) is 3. The van der Waals surface area contributed by atoms with Gasteiger partial charge in [-0.1, -0.05) is 23.2 Å². The number of halogens is 5. The SMILES string of the molecule is Fc1cnc(Cl)cc1I.N#Cc1cc(Cl)ncc1F. The van der Waals surface area contributed by atoms with Crippen LogP contribution in [0.3, 0.4) is 0 Å². The Hall–Kier alpha value is -1.04. The molecule has 0 aliphatic rings. The monoisotopic (exact) mass is 413 g/mol. The van der Waals surface area contributed by atoms with Crippen molar-refractivity contribution in [1.82, 2.24) is 9.97 Å². The van der Waals surface area contributed by atoms with E-state index in [9.17, 15) is 8.78 Å². The zero-order valence-electron chi connectivity index (χ0n) is 9.04. The van der Waals surface area contributed by atoms with Gasteiger partial charge in [0.2, 0.25) is 0 Å². The van der Waals surface area contributed by atoms with Crippen LogP contribution in [0.4, 0.5) is 8.78 Å². The number of nitriles is 1. The highest BCUT2D eigenvalue weighted by molar-refractivity contribution is 14.1. The molecule has 0 fully saturated rings. The Labute approximate surface area is 131 Å². The molecule has 0 unspecified atom stereocenters. The van der Waals surface area contributed by atoms with Gasteiger partial charge in [0.05, 0.1) is 21.5 Å². The molecule has 0 saturated carbocycles. The van der Waals surface area contributed by atoms with Crippen molar-refractivity contribution < 1.29 is 8.78 Å². The zero-order chi connectivity index (χ0) is 14.4. The van der Waals surface area contributed by atoms with Crippen LogP contribution in [0.25, 0.3) is 0 Å². The fourth-order valence-corrected chi connectivity index (χ4v) is 1.82. The second-order valence-corrected chi connectivity index (χ2v) is 4.96. The topological polar surface area (TPSA) is 49.6 Å². The van der Waals surface area contributed by atoms with Crippen LogP contribution in [-0.4, -0.2) is 9.97 Å². The minimum atomic E-state index is -0.646. The molecular weight excluding hydrogens is 410 g/mol. The third-order valence-corrected chi connectivity index (χ3v) is 2.96. The molecule has 0 aliphatic heterocycles.